The molecule has 0 aromatic rings. The number of hydrogen-bond acceptors (Lipinski definition) is 2. The smallest absolute Gasteiger partial charge is 0.101 e. The zero-order valence-electron chi connectivity index (χ0n) is 7.72. The van der Waals surface area contributed by atoms with Crippen LogP contribution in [0.3, 0.4) is 0 Å². The zero-order chi connectivity index (χ0) is 9.49. The van der Waals surface area contributed by atoms with E-state index in [2.05, 4.69) is 21.1 Å². The van der Waals surface area contributed by atoms with Crippen molar-refractivity contribution in [3.8, 4) is 0 Å². The minimum Gasteiger partial charge on any atom is -0.391 e. The Kier molecular flexibility index (Phi) is 8.45. The average molecular weight is 228 g/mol. The first kappa shape index (κ1) is 13.7. The van der Waals surface area contributed by atoms with Crippen LogP contribution >= 0.6 is 0 Å². The van der Waals surface area contributed by atoms with Crippen LogP contribution < -0.4 is 0 Å². The first-order valence-electron chi connectivity index (χ1n) is 3.43. The summed E-state index contributed by atoms with van der Waals surface area (Å²) in [7, 11) is 6.16. The molecule has 68 valence electrons. The van der Waals surface area contributed by atoms with E-state index in [1.807, 2.05) is 0 Å². The van der Waals surface area contributed by atoms with Gasteiger partial charge in [-0.25, -0.2) is 0 Å². The molecule has 0 aliphatic heterocycles. The summed E-state index contributed by atoms with van der Waals surface area (Å²) in [6.07, 6.45) is 0. The molecule has 0 saturated heterocycles. The molecule has 0 saturated carbocycles. The van der Waals surface area contributed by atoms with Crippen LogP contribution in [0.5, 0.6) is 0 Å². The Morgan fingerprint density at radius 2 is 1.73 bits per heavy atom. The minimum atomic E-state index is 0.167. The number of likely N-dealkylation sites (N-methyl/N-ethyl adjacent to an activating group) is 1. The van der Waals surface area contributed by atoms with Gasteiger partial charge in [-0.3, -0.25) is 0 Å². The van der Waals surface area contributed by atoms with E-state index in [-0.39, 0.29) is 11.3 Å². The van der Waals surface area contributed by atoms with Crippen LogP contribution in [-0.4, -0.2) is 64.6 Å². The first-order valence-corrected chi connectivity index (χ1v) is 4.48. The largest absolute Gasteiger partial charge is 0.391 e. The Morgan fingerprint density at radius 3 is 1.73 bits per heavy atom. The van der Waals surface area contributed by atoms with Gasteiger partial charge in [0.2, 0.25) is 0 Å². The van der Waals surface area contributed by atoms with Crippen molar-refractivity contribution in [1.29, 1.82) is 0 Å². The van der Waals surface area contributed by atoms with Crippen LogP contribution in [0.2, 0.25) is 0 Å². The molecule has 0 aliphatic rings. The normalized spacial score (nSPS) is 10.0. The molecule has 0 aliphatic carbocycles. The standard InChI is InChI=1S/C5H14NO.C2H4OSe/c1-6(2,3)4-5-7;1-2(3)4/h7H,4-5H2,1-3H3;1H3,(H,3,4)/q+1;/p+1. The molecular weight excluding hydrogens is 209 g/mol. The van der Waals surface area contributed by atoms with Crippen molar-refractivity contribution in [2.45, 2.75) is 6.92 Å². The van der Waals surface area contributed by atoms with E-state index in [1.54, 1.807) is 0 Å². The van der Waals surface area contributed by atoms with Gasteiger partial charge in [0.05, 0.1) is 27.7 Å². The number of nitrogens with zero attached hydrogens (tertiary/aromatic N) is 1. The molecule has 0 bridgehead atoms. The van der Waals surface area contributed by atoms with E-state index < -0.39 is 0 Å². The fraction of sp³-hybridized carbons (Fsp3) is 0.857. The average Bonchev–Trinajstić information content (AvgIpc) is 1.58. The Hall–Kier alpha value is 0.109. The molecular formula is C7H19NO2Se+2. The third kappa shape index (κ3) is 39.4. The van der Waals surface area contributed by atoms with Gasteiger partial charge in [-0.1, -0.05) is 0 Å². The number of rotatable bonds is 2. The van der Waals surface area contributed by atoms with Crippen molar-refractivity contribution < 1.29 is 14.4 Å². The molecule has 0 aromatic heterocycles. The van der Waals surface area contributed by atoms with Gasteiger partial charge < -0.3 is 9.59 Å². The molecule has 0 amide bonds. The second-order valence-electron chi connectivity index (χ2n) is 3.29. The molecule has 4 heteroatoms. The van der Waals surface area contributed by atoms with Crippen LogP contribution in [0.15, 0.2) is 0 Å². The van der Waals surface area contributed by atoms with Crippen molar-refractivity contribution in [2.75, 3.05) is 34.3 Å². The number of aliphatic hydroxyl groups excluding tert-OH is 1. The summed E-state index contributed by atoms with van der Waals surface area (Å²) >= 11 is 1.53. The van der Waals surface area contributed by atoms with Gasteiger partial charge in [-0.05, 0) is 0 Å². The monoisotopic (exact) mass is 229 g/mol. The number of quaternary nitrogens is 1. The Balaban J connectivity index is 0. The Labute approximate surface area is 76.8 Å². The third-order valence-electron chi connectivity index (χ3n) is 0.771. The van der Waals surface area contributed by atoms with Crippen LogP contribution in [0.4, 0.5) is 0 Å². The fourth-order valence-corrected chi connectivity index (χ4v) is 0.300. The SMILES string of the molecule is CC(=O)[SeH2+].C[N+](C)(C)CCO. The van der Waals surface area contributed by atoms with Gasteiger partial charge in [0.25, 0.3) is 0 Å². The van der Waals surface area contributed by atoms with Crippen molar-refractivity contribution >= 4 is 20.7 Å². The maximum atomic E-state index is 9.44. The summed E-state index contributed by atoms with van der Waals surface area (Å²) in [6, 6.07) is 0. The predicted molar refractivity (Wildman–Crippen MR) is 49.2 cm³/mol. The Bertz CT molecular complexity index is 105. The van der Waals surface area contributed by atoms with Crippen LogP contribution in [-0.2, 0) is 4.79 Å². The molecule has 0 unspecified atom stereocenters. The van der Waals surface area contributed by atoms with Crippen molar-refractivity contribution in [1.82, 2.24) is 0 Å². The van der Waals surface area contributed by atoms with Crippen LogP contribution in [0, 0.1) is 0 Å². The quantitative estimate of drug-likeness (QED) is 0.479. The summed E-state index contributed by atoms with van der Waals surface area (Å²) in [5.74, 6) is 0. The van der Waals surface area contributed by atoms with Gasteiger partial charge in [0.1, 0.15) is 6.54 Å². The second-order valence-corrected chi connectivity index (χ2v) is 4.77. The van der Waals surface area contributed by atoms with Gasteiger partial charge in [-0.15, -0.1) is 0 Å². The predicted octanol–water partition coefficient (Wildman–Crippen LogP) is -1.15. The van der Waals surface area contributed by atoms with E-state index in [1.165, 1.54) is 22.9 Å². The summed E-state index contributed by atoms with van der Waals surface area (Å²) < 4.78 is 1.01. The topological polar surface area (TPSA) is 37.3 Å². The molecule has 0 fully saturated rings. The molecule has 0 aromatic carbocycles. The van der Waals surface area contributed by atoms with E-state index in [9.17, 15) is 4.79 Å². The first-order chi connectivity index (χ1) is 4.79. The van der Waals surface area contributed by atoms with Gasteiger partial charge in [0, 0.05) is 0 Å². The molecule has 3 nitrogen and oxygen atoms in total. The number of carbonyl (C=O) groups is 1. The summed E-state index contributed by atoms with van der Waals surface area (Å²) in [6.45, 7) is 2.64. The van der Waals surface area contributed by atoms with Gasteiger partial charge >= 0.3 is 32.4 Å². The molecule has 0 spiro atoms. The Morgan fingerprint density at radius 1 is 1.45 bits per heavy atom. The maximum absolute atomic E-state index is 9.44. The van der Waals surface area contributed by atoms with Gasteiger partial charge in [-0.2, -0.15) is 0 Å². The minimum absolute atomic E-state index is 0.167. The van der Waals surface area contributed by atoms with Crippen molar-refractivity contribution in [3.63, 3.8) is 0 Å². The summed E-state index contributed by atoms with van der Waals surface area (Å²) in [4.78, 5) is 9.44. The summed E-state index contributed by atoms with van der Waals surface area (Å²) in [5.41, 5.74) is 0. The molecule has 11 heavy (non-hydrogen) atoms. The van der Waals surface area contributed by atoms with Crippen LogP contribution in [0.25, 0.3) is 0 Å². The number of carbonyl (C=O) groups excluding carboxylic acids is 1. The van der Waals surface area contributed by atoms with E-state index >= 15 is 0 Å². The molecule has 0 radical (unpaired) electrons. The molecule has 1 N–H and O–H groups in total. The zero-order valence-corrected chi connectivity index (χ0v) is 9.81. The number of aliphatic hydroxyl groups is 1. The summed E-state index contributed by atoms with van der Waals surface area (Å²) in [5, 5.41) is 8.39. The third-order valence-corrected chi connectivity index (χ3v) is 0.771. The fourth-order valence-electron chi connectivity index (χ4n) is 0.300. The molecule has 0 rings (SSSR count). The van der Waals surface area contributed by atoms with Crippen molar-refractivity contribution in [3.05, 3.63) is 0 Å². The van der Waals surface area contributed by atoms with E-state index in [0.29, 0.717) is 0 Å². The maximum Gasteiger partial charge on any atom is 0.101 e. The molecule has 0 atom stereocenters. The van der Waals surface area contributed by atoms with Crippen molar-refractivity contribution in [2.24, 2.45) is 0 Å². The second kappa shape index (κ2) is 6.80. The van der Waals surface area contributed by atoms with E-state index in [4.69, 9.17) is 5.11 Å². The van der Waals surface area contributed by atoms with E-state index in [0.717, 1.165) is 11.0 Å². The van der Waals surface area contributed by atoms with Crippen LogP contribution in [0.1, 0.15) is 6.92 Å². The molecule has 0 heterocycles. The van der Waals surface area contributed by atoms with Gasteiger partial charge in [0.15, 0.2) is 0 Å². The number of hydrogen-bond donors (Lipinski definition) is 1.